The number of nitrogens with one attached hydrogen (secondary N) is 3. The largest absolute Gasteiger partial charge is 0.494 e. The Morgan fingerprint density at radius 2 is 1.77 bits per heavy atom. The lowest BCUT2D eigenvalue weighted by Crippen LogP contribution is -2.48. The van der Waals surface area contributed by atoms with Crippen LogP contribution in [0.4, 0.5) is 37.3 Å². The zero-order valence-corrected chi connectivity index (χ0v) is 22.0. The number of carbonyl (C=O) groups is 1. The molecule has 0 spiro atoms. The Morgan fingerprint density at radius 1 is 1.03 bits per heavy atom. The Labute approximate surface area is 225 Å². The molecule has 0 aliphatic carbocycles. The summed E-state index contributed by atoms with van der Waals surface area (Å²) in [6.45, 7) is 8.39. The van der Waals surface area contributed by atoms with Crippen LogP contribution >= 0.6 is 0 Å². The fourth-order valence-electron chi connectivity index (χ4n) is 4.88. The third-order valence-corrected chi connectivity index (χ3v) is 7.02. The maximum absolute atomic E-state index is 14.3. The smallest absolute Gasteiger partial charge is 0.253 e. The van der Waals surface area contributed by atoms with Gasteiger partial charge in [0.25, 0.3) is 5.91 Å². The van der Waals surface area contributed by atoms with Crippen LogP contribution in [0, 0.1) is 11.6 Å². The first-order valence-electron chi connectivity index (χ1n) is 12.7. The number of hydrogen-bond donors (Lipinski definition) is 4. The number of rotatable bonds is 8. The minimum atomic E-state index is -1.30. The van der Waals surface area contributed by atoms with Crippen molar-refractivity contribution < 1.29 is 18.3 Å². The molecule has 4 aromatic rings. The number of anilines is 5. The number of aromatic amines is 1. The van der Waals surface area contributed by atoms with Crippen LogP contribution in [0.5, 0.6) is 5.75 Å². The van der Waals surface area contributed by atoms with Crippen LogP contribution in [0.15, 0.2) is 48.8 Å². The first kappa shape index (κ1) is 26.2. The van der Waals surface area contributed by atoms with Crippen molar-refractivity contribution in [3.8, 4) is 5.75 Å². The molecule has 1 fully saturated rings. The molecule has 9 nitrogen and oxygen atoms in total. The molecule has 1 aliphatic rings. The number of nitrogens with two attached hydrogens (primary N) is 1. The highest BCUT2D eigenvalue weighted by molar-refractivity contribution is 6.02. The van der Waals surface area contributed by atoms with Crippen molar-refractivity contribution in [1.29, 1.82) is 0 Å². The molecular formula is C28H31F2N7O2. The Morgan fingerprint density at radius 3 is 2.46 bits per heavy atom. The molecule has 0 atom stereocenters. The monoisotopic (exact) mass is 535 g/mol. The van der Waals surface area contributed by atoms with E-state index in [1.807, 2.05) is 18.2 Å². The average molecular weight is 536 g/mol. The third kappa shape index (κ3) is 5.30. The van der Waals surface area contributed by atoms with Crippen LogP contribution in [-0.2, 0) is 0 Å². The van der Waals surface area contributed by atoms with Gasteiger partial charge in [-0.3, -0.25) is 14.7 Å². The van der Waals surface area contributed by atoms with Crippen LogP contribution in [0.1, 0.15) is 24.2 Å². The van der Waals surface area contributed by atoms with Gasteiger partial charge in [0.05, 0.1) is 42.1 Å². The van der Waals surface area contributed by atoms with Crippen molar-refractivity contribution in [3.05, 3.63) is 66.0 Å². The van der Waals surface area contributed by atoms with Crippen LogP contribution in [0.2, 0.25) is 0 Å². The molecule has 204 valence electrons. The number of H-pyrrole nitrogens is 1. The number of primary amides is 1. The minimum Gasteiger partial charge on any atom is -0.494 e. The normalized spacial score (nSPS) is 14.2. The molecule has 0 radical (unpaired) electrons. The fraction of sp³-hybridized carbons (Fsp3) is 0.286. The molecule has 39 heavy (non-hydrogen) atoms. The van der Waals surface area contributed by atoms with Crippen LogP contribution in [-0.4, -0.2) is 60.1 Å². The van der Waals surface area contributed by atoms with Crippen LogP contribution in [0.25, 0.3) is 10.9 Å². The van der Waals surface area contributed by atoms with Gasteiger partial charge >= 0.3 is 0 Å². The van der Waals surface area contributed by atoms with Crippen molar-refractivity contribution in [2.75, 3.05) is 48.8 Å². The molecule has 0 unspecified atom stereocenters. The van der Waals surface area contributed by atoms with Crippen molar-refractivity contribution >= 4 is 45.4 Å². The summed E-state index contributed by atoms with van der Waals surface area (Å²) >= 11 is 0. The van der Waals surface area contributed by atoms with Gasteiger partial charge in [0, 0.05) is 49.4 Å². The number of nitrogens with zero attached hydrogens (tertiary/aromatic N) is 3. The third-order valence-electron chi connectivity index (χ3n) is 7.02. The van der Waals surface area contributed by atoms with E-state index in [4.69, 9.17) is 10.5 Å². The Hall–Kier alpha value is -4.38. The fourth-order valence-corrected chi connectivity index (χ4v) is 4.88. The van der Waals surface area contributed by atoms with Crippen molar-refractivity contribution in [1.82, 2.24) is 14.9 Å². The number of halogens is 2. The zero-order chi connectivity index (χ0) is 27.7. The van der Waals surface area contributed by atoms with E-state index in [1.54, 1.807) is 13.3 Å². The zero-order valence-electron chi connectivity index (χ0n) is 22.0. The second kappa shape index (κ2) is 10.8. The minimum absolute atomic E-state index is 0.0397. The van der Waals surface area contributed by atoms with E-state index >= 15 is 0 Å². The first-order valence-corrected chi connectivity index (χ1v) is 12.7. The highest BCUT2D eigenvalue weighted by atomic mass is 19.2. The van der Waals surface area contributed by atoms with E-state index in [9.17, 15) is 13.6 Å². The van der Waals surface area contributed by atoms with Gasteiger partial charge < -0.3 is 31.0 Å². The number of methoxy groups -OCH3 is 1. The summed E-state index contributed by atoms with van der Waals surface area (Å²) in [5, 5.41) is 7.04. The standard InChI is InChI=1S/C28H31F2N7O2/c1-16(2)36-8-10-37(11-9-36)17-4-6-20(24(12-17)39-3)34-25-13-18-22(14-32-15-23(18)35-25)33-21-7-5-19(29)27(30)26(21)28(31)38/h4-7,12-16,33-35H,8-11H2,1-3H3,(H2,31,38). The highest BCUT2D eigenvalue weighted by Gasteiger charge is 2.21. The Kier molecular flexibility index (Phi) is 7.25. The number of amides is 1. The number of hydrogen-bond acceptors (Lipinski definition) is 7. The predicted molar refractivity (Wildman–Crippen MR) is 149 cm³/mol. The van der Waals surface area contributed by atoms with Crippen LogP contribution in [0.3, 0.4) is 0 Å². The summed E-state index contributed by atoms with van der Waals surface area (Å²) in [6, 6.07) is 10.7. The van der Waals surface area contributed by atoms with Gasteiger partial charge in [-0.25, -0.2) is 8.78 Å². The van der Waals surface area contributed by atoms with Gasteiger partial charge in [-0.2, -0.15) is 0 Å². The van der Waals surface area contributed by atoms with E-state index in [2.05, 4.69) is 50.3 Å². The summed E-state index contributed by atoms with van der Waals surface area (Å²) in [5.41, 5.74) is 7.83. The van der Waals surface area contributed by atoms with Crippen molar-refractivity contribution in [2.45, 2.75) is 19.9 Å². The molecule has 2 aromatic heterocycles. The molecule has 2 aromatic carbocycles. The summed E-state index contributed by atoms with van der Waals surface area (Å²) in [7, 11) is 1.64. The van der Waals surface area contributed by atoms with Gasteiger partial charge in [0.15, 0.2) is 11.6 Å². The van der Waals surface area contributed by atoms with E-state index in [1.165, 1.54) is 12.3 Å². The molecule has 5 rings (SSSR count). The lowest BCUT2D eigenvalue weighted by atomic mass is 10.1. The summed E-state index contributed by atoms with van der Waals surface area (Å²) in [5.74, 6) is -2.18. The van der Waals surface area contributed by atoms with Gasteiger partial charge in [-0.05, 0) is 44.2 Å². The van der Waals surface area contributed by atoms with Crippen molar-refractivity contribution in [2.24, 2.45) is 5.73 Å². The van der Waals surface area contributed by atoms with Crippen LogP contribution < -0.4 is 26.0 Å². The molecular weight excluding hydrogens is 504 g/mol. The number of ether oxygens (including phenoxy) is 1. The van der Waals surface area contributed by atoms with Gasteiger partial charge in [-0.15, -0.1) is 0 Å². The van der Waals surface area contributed by atoms with E-state index in [-0.39, 0.29) is 5.69 Å². The van der Waals surface area contributed by atoms with Gasteiger partial charge in [0.1, 0.15) is 17.1 Å². The highest BCUT2D eigenvalue weighted by Crippen LogP contribution is 2.35. The lowest BCUT2D eigenvalue weighted by molar-refractivity contribution is 0.0996. The molecule has 1 amide bonds. The Bertz CT molecular complexity index is 1510. The quantitative estimate of drug-likeness (QED) is 0.252. The second-order valence-electron chi connectivity index (χ2n) is 9.73. The summed E-state index contributed by atoms with van der Waals surface area (Å²) in [6.07, 6.45) is 3.17. The van der Waals surface area contributed by atoms with Gasteiger partial charge in [0.2, 0.25) is 0 Å². The molecule has 11 heteroatoms. The Balaban J connectivity index is 1.38. The molecule has 1 aliphatic heterocycles. The number of carbonyl (C=O) groups excluding carboxylic acids is 1. The molecule has 0 saturated carbocycles. The number of fused-ring (bicyclic) bond motifs is 1. The lowest BCUT2D eigenvalue weighted by Gasteiger charge is -2.38. The maximum Gasteiger partial charge on any atom is 0.253 e. The van der Waals surface area contributed by atoms with E-state index < -0.39 is 23.1 Å². The molecule has 5 N–H and O–H groups in total. The summed E-state index contributed by atoms with van der Waals surface area (Å²) in [4.78, 5) is 24.1. The molecule has 1 saturated heterocycles. The van der Waals surface area contributed by atoms with E-state index in [0.717, 1.165) is 43.6 Å². The number of aromatic nitrogens is 2. The number of piperazine rings is 1. The summed E-state index contributed by atoms with van der Waals surface area (Å²) < 4.78 is 33.7. The first-order chi connectivity index (χ1) is 18.7. The number of benzene rings is 2. The SMILES string of the molecule is COc1cc(N2CCN(C(C)C)CC2)ccc1Nc1cc2c(Nc3ccc(F)c(F)c3C(N)=O)cncc2[nH]1. The van der Waals surface area contributed by atoms with E-state index in [0.29, 0.717) is 34.2 Å². The topological polar surface area (TPSA) is 112 Å². The predicted octanol–water partition coefficient (Wildman–Crippen LogP) is 4.97. The second-order valence-corrected chi connectivity index (χ2v) is 9.73. The van der Waals surface area contributed by atoms with Crippen molar-refractivity contribution in [3.63, 3.8) is 0 Å². The maximum atomic E-state index is 14.3. The number of pyridine rings is 1. The molecule has 3 heterocycles. The van der Waals surface area contributed by atoms with Gasteiger partial charge in [-0.1, -0.05) is 0 Å². The average Bonchev–Trinajstić information content (AvgIpc) is 3.34. The molecule has 0 bridgehead atoms.